The molecule has 0 saturated heterocycles. The molecule has 0 amide bonds. The molecule has 0 aromatic carbocycles. The summed E-state index contributed by atoms with van der Waals surface area (Å²) in [4.78, 5) is 4.25. The number of nitrogens with zero attached hydrogens (tertiary/aromatic N) is 1. The first-order valence-corrected chi connectivity index (χ1v) is 7.08. The molecule has 4 heteroatoms. The lowest BCUT2D eigenvalue weighted by atomic mass is 9.99. The maximum atomic E-state index is 5.56. The van der Waals surface area contributed by atoms with Gasteiger partial charge in [0.1, 0.15) is 11.5 Å². The van der Waals surface area contributed by atoms with Crippen molar-refractivity contribution in [2.24, 2.45) is 0 Å². The molecule has 0 fully saturated rings. The number of furan rings is 1. The lowest BCUT2D eigenvalue weighted by molar-refractivity contribution is 0.411. The third-order valence-electron chi connectivity index (χ3n) is 3.31. The van der Waals surface area contributed by atoms with Crippen LogP contribution in [0.1, 0.15) is 43.2 Å². The normalized spacial score (nSPS) is 12.3. The Kier molecular flexibility index (Phi) is 5.18. The molecular formula is C16H22N2O2. The van der Waals surface area contributed by atoms with Crippen LogP contribution in [-0.4, -0.2) is 18.6 Å². The fourth-order valence-electron chi connectivity index (χ4n) is 2.30. The van der Waals surface area contributed by atoms with E-state index < -0.39 is 0 Å². The van der Waals surface area contributed by atoms with Gasteiger partial charge in [-0.3, -0.25) is 4.98 Å². The van der Waals surface area contributed by atoms with Crippen LogP contribution in [0.2, 0.25) is 0 Å². The van der Waals surface area contributed by atoms with Gasteiger partial charge in [-0.1, -0.05) is 13.8 Å². The molecule has 2 heterocycles. The van der Waals surface area contributed by atoms with E-state index in [0.29, 0.717) is 0 Å². The van der Waals surface area contributed by atoms with E-state index in [2.05, 4.69) is 24.1 Å². The van der Waals surface area contributed by atoms with E-state index in [1.165, 1.54) is 5.56 Å². The molecule has 0 saturated carbocycles. The predicted molar refractivity (Wildman–Crippen MR) is 79.0 cm³/mol. The predicted octanol–water partition coefficient (Wildman–Crippen LogP) is 3.33. The molecule has 0 aliphatic carbocycles. The van der Waals surface area contributed by atoms with Gasteiger partial charge in [0.25, 0.3) is 0 Å². The molecule has 2 aromatic rings. The SMILES string of the molecule is CCCNC(c1cncc(OC)c1)c1ccoc1CC. The van der Waals surface area contributed by atoms with Crippen LogP contribution < -0.4 is 10.1 Å². The van der Waals surface area contributed by atoms with Gasteiger partial charge in [-0.15, -0.1) is 0 Å². The standard InChI is InChI=1S/C16H22N2O2/c1-4-7-18-16(14-6-8-20-15(14)5-2)12-9-13(19-3)11-17-10-12/h6,8-11,16,18H,4-5,7H2,1-3H3. The van der Waals surface area contributed by atoms with Crippen molar-refractivity contribution in [3.05, 3.63) is 47.7 Å². The third-order valence-corrected chi connectivity index (χ3v) is 3.31. The zero-order valence-electron chi connectivity index (χ0n) is 12.3. The van der Waals surface area contributed by atoms with E-state index in [4.69, 9.17) is 9.15 Å². The van der Waals surface area contributed by atoms with Crippen molar-refractivity contribution in [2.45, 2.75) is 32.7 Å². The van der Waals surface area contributed by atoms with Crippen LogP contribution in [0.3, 0.4) is 0 Å². The van der Waals surface area contributed by atoms with Crippen molar-refractivity contribution in [2.75, 3.05) is 13.7 Å². The Balaban J connectivity index is 2.36. The van der Waals surface area contributed by atoms with E-state index in [1.807, 2.05) is 18.3 Å². The molecule has 1 unspecified atom stereocenters. The zero-order valence-corrected chi connectivity index (χ0v) is 12.3. The van der Waals surface area contributed by atoms with Crippen molar-refractivity contribution in [1.82, 2.24) is 10.3 Å². The number of pyridine rings is 1. The summed E-state index contributed by atoms with van der Waals surface area (Å²) < 4.78 is 10.8. The minimum atomic E-state index is 0.0891. The summed E-state index contributed by atoms with van der Waals surface area (Å²) in [5.41, 5.74) is 2.27. The number of ether oxygens (including phenoxy) is 1. The first kappa shape index (κ1) is 14.6. The number of hydrogen-bond acceptors (Lipinski definition) is 4. The first-order chi connectivity index (χ1) is 9.80. The smallest absolute Gasteiger partial charge is 0.137 e. The lowest BCUT2D eigenvalue weighted by Crippen LogP contribution is -2.23. The summed E-state index contributed by atoms with van der Waals surface area (Å²) in [6, 6.07) is 4.14. The van der Waals surface area contributed by atoms with Crippen molar-refractivity contribution in [3.63, 3.8) is 0 Å². The second-order valence-electron chi connectivity index (χ2n) is 4.70. The van der Waals surface area contributed by atoms with E-state index in [9.17, 15) is 0 Å². The highest BCUT2D eigenvalue weighted by molar-refractivity contribution is 5.35. The van der Waals surface area contributed by atoms with Gasteiger partial charge in [0.2, 0.25) is 0 Å². The van der Waals surface area contributed by atoms with Gasteiger partial charge in [-0.25, -0.2) is 0 Å². The Morgan fingerprint density at radius 1 is 1.35 bits per heavy atom. The van der Waals surface area contributed by atoms with Gasteiger partial charge in [0.15, 0.2) is 0 Å². The fourth-order valence-corrected chi connectivity index (χ4v) is 2.30. The van der Waals surface area contributed by atoms with Gasteiger partial charge in [-0.2, -0.15) is 0 Å². The topological polar surface area (TPSA) is 47.3 Å². The van der Waals surface area contributed by atoms with E-state index in [-0.39, 0.29) is 6.04 Å². The Bertz CT molecular complexity index is 537. The molecule has 1 atom stereocenters. The molecule has 108 valence electrons. The van der Waals surface area contributed by atoms with Crippen LogP contribution in [0.5, 0.6) is 5.75 Å². The largest absolute Gasteiger partial charge is 0.495 e. The molecule has 0 aliphatic heterocycles. The zero-order chi connectivity index (χ0) is 14.4. The van der Waals surface area contributed by atoms with Gasteiger partial charge < -0.3 is 14.5 Å². The molecule has 0 bridgehead atoms. The minimum Gasteiger partial charge on any atom is -0.495 e. The Labute approximate surface area is 120 Å². The summed E-state index contributed by atoms with van der Waals surface area (Å²) >= 11 is 0. The van der Waals surface area contributed by atoms with Gasteiger partial charge in [0, 0.05) is 18.2 Å². The number of nitrogens with one attached hydrogen (secondary N) is 1. The molecule has 2 rings (SSSR count). The molecule has 0 spiro atoms. The van der Waals surface area contributed by atoms with Crippen molar-refractivity contribution >= 4 is 0 Å². The van der Waals surface area contributed by atoms with Crippen molar-refractivity contribution in [1.29, 1.82) is 0 Å². The molecule has 4 nitrogen and oxygen atoms in total. The van der Waals surface area contributed by atoms with E-state index in [0.717, 1.165) is 36.5 Å². The second-order valence-corrected chi connectivity index (χ2v) is 4.70. The second kappa shape index (κ2) is 7.10. The maximum absolute atomic E-state index is 5.56. The Hall–Kier alpha value is -1.81. The molecule has 2 aromatic heterocycles. The highest BCUT2D eigenvalue weighted by Crippen LogP contribution is 2.28. The first-order valence-electron chi connectivity index (χ1n) is 7.08. The van der Waals surface area contributed by atoms with Gasteiger partial charge >= 0.3 is 0 Å². The molecule has 20 heavy (non-hydrogen) atoms. The van der Waals surface area contributed by atoms with Crippen LogP contribution in [-0.2, 0) is 6.42 Å². The minimum absolute atomic E-state index is 0.0891. The summed E-state index contributed by atoms with van der Waals surface area (Å²) in [5, 5.41) is 3.56. The number of methoxy groups -OCH3 is 1. The average Bonchev–Trinajstić information content (AvgIpc) is 2.96. The summed E-state index contributed by atoms with van der Waals surface area (Å²) in [6.07, 6.45) is 7.30. The molecular weight excluding hydrogens is 252 g/mol. The number of aryl methyl sites for hydroxylation is 1. The van der Waals surface area contributed by atoms with E-state index >= 15 is 0 Å². The number of hydrogen-bond donors (Lipinski definition) is 1. The van der Waals surface area contributed by atoms with Crippen LogP contribution in [0.25, 0.3) is 0 Å². The molecule has 0 radical (unpaired) electrons. The van der Waals surface area contributed by atoms with E-state index in [1.54, 1.807) is 19.6 Å². The van der Waals surface area contributed by atoms with Crippen molar-refractivity contribution in [3.8, 4) is 5.75 Å². The summed E-state index contributed by atoms with van der Waals surface area (Å²) in [7, 11) is 1.66. The molecule has 1 N–H and O–H groups in total. The van der Waals surface area contributed by atoms with Crippen LogP contribution in [0, 0.1) is 0 Å². The van der Waals surface area contributed by atoms with Crippen molar-refractivity contribution < 1.29 is 9.15 Å². The number of rotatable bonds is 7. The fraction of sp³-hybridized carbons (Fsp3) is 0.438. The Morgan fingerprint density at radius 3 is 2.90 bits per heavy atom. The monoisotopic (exact) mass is 274 g/mol. The van der Waals surface area contributed by atoms with Gasteiger partial charge in [-0.05, 0) is 30.7 Å². The van der Waals surface area contributed by atoms with Crippen LogP contribution in [0.4, 0.5) is 0 Å². The third kappa shape index (κ3) is 3.20. The lowest BCUT2D eigenvalue weighted by Gasteiger charge is -2.19. The summed E-state index contributed by atoms with van der Waals surface area (Å²) in [6.45, 7) is 5.20. The number of aromatic nitrogens is 1. The van der Waals surface area contributed by atoms with Crippen LogP contribution in [0.15, 0.2) is 35.2 Å². The highest BCUT2D eigenvalue weighted by Gasteiger charge is 2.19. The average molecular weight is 274 g/mol. The van der Waals surface area contributed by atoms with Gasteiger partial charge in [0.05, 0.1) is 25.6 Å². The van der Waals surface area contributed by atoms with Crippen LogP contribution >= 0.6 is 0 Å². The quantitative estimate of drug-likeness (QED) is 0.841. The summed E-state index contributed by atoms with van der Waals surface area (Å²) in [5.74, 6) is 1.79. The Morgan fingerprint density at radius 2 is 2.20 bits per heavy atom. The highest BCUT2D eigenvalue weighted by atomic mass is 16.5. The maximum Gasteiger partial charge on any atom is 0.137 e. The molecule has 0 aliphatic rings.